The minimum Gasteiger partial charge on any atom is -0.382 e. The molecule has 0 aliphatic carbocycles. The van der Waals surface area contributed by atoms with Crippen LogP contribution in [0.15, 0.2) is 0 Å². The highest BCUT2D eigenvalue weighted by Gasteiger charge is 2.11. The van der Waals surface area contributed by atoms with Gasteiger partial charge in [-0.2, -0.15) is 0 Å². The van der Waals surface area contributed by atoms with Crippen LogP contribution in [0.1, 0.15) is 6.42 Å². The van der Waals surface area contributed by atoms with Gasteiger partial charge in [0.2, 0.25) is 0 Å². The molecule has 0 rings (SSSR count). The van der Waals surface area contributed by atoms with Crippen molar-refractivity contribution in [1.29, 1.82) is 0 Å². The smallest absolute Gasteiger partial charge is 0.0700 e. The standard InChI is InChI=1S/C6H13Cl3O2S/c1-10-4-5-11-3-2-6-12(7,8)9/h2-6H2,1H3. The lowest BCUT2D eigenvalue weighted by Crippen LogP contribution is -2.04. The topological polar surface area (TPSA) is 18.5 Å². The molecule has 0 aromatic carbocycles. The second kappa shape index (κ2) is 7.54. The molecule has 0 N–H and O–H groups in total. The van der Waals surface area contributed by atoms with Crippen LogP contribution >= 0.6 is 39.7 Å². The molecule has 6 heteroatoms. The largest absolute Gasteiger partial charge is 0.382 e. The van der Waals surface area contributed by atoms with Crippen molar-refractivity contribution in [3.63, 3.8) is 0 Å². The summed E-state index contributed by atoms with van der Waals surface area (Å²) in [5, 5.41) is 0. The third-order valence-electron chi connectivity index (χ3n) is 1.10. The van der Waals surface area contributed by atoms with Gasteiger partial charge in [0.15, 0.2) is 0 Å². The van der Waals surface area contributed by atoms with Crippen molar-refractivity contribution in [2.24, 2.45) is 0 Å². The molecule has 0 aromatic rings. The minimum atomic E-state index is -1.91. The number of hydrogen-bond donors (Lipinski definition) is 0. The highest BCUT2D eigenvalue weighted by Crippen LogP contribution is 2.63. The number of ether oxygens (including phenoxy) is 2. The molecule has 0 radical (unpaired) electrons. The normalized spacial score (nSPS) is 13.3. The average Bonchev–Trinajstić information content (AvgIpc) is 1.94. The Balaban J connectivity index is 3.01. The van der Waals surface area contributed by atoms with E-state index >= 15 is 0 Å². The maximum atomic E-state index is 5.61. The van der Waals surface area contributed by atoms with Crippen LogP contribution in [0.3, 0.4) is 0 Å². The van der Waals surface area contributed by atoms with E-state index in [0.717, 1.165) is 6.42 Å². The molecule has 0 aliphatic rings. The van der Waals surface area contributed by atoms with Gasteiger partial charge in [0.1, 0.15) is 0 Å². The highest BCUT2D eigenvalue weighted by molar-refractivity contribution is 8.79. The molecule has 0 spiro atoms. The molecule has 12 heavy (non-hydrogen) atoms. The Kier molecular flexibility index (Phi) is 8.25. The summed E-state index contributed by atoms with van der Waals surface area (Å²) in [7, 11) is 16.5. The van der Waals surface area contributed by atoms with Crippen molar-refractivity contribution in [1.82, 2.24) is 0 Å². The van der Waals surface area contributed by atoms with Gasteiger partial charge in [-0.05, 0) is 46.1 Å². The first-order valence-corrected chi connectivity index (χ1v) is 7.81. The van der Waals surface area contributed by atoms with Crippen molar-refractivity contribution < 1.29 is 9.47 Å². The molecule has 0 saturated heterocycles. The van der Waals surface area contributed by atoms with E-state index in [9.17, 15) is 0 Å². The summed E-state index contributed by atoms with van der Waals surface area (Å²) in [4.78, 5) is 0. The molecule has 0 heterocycles. The van der Waals surface area contributed by atoms with E-state index in [1.54, 1.807) is 7.11 Å². The summed E-state index contributed by atoms with van der Waals surface area (Å²) < 4.78 is 9.97. The third-order valence-corrected chi connectivity index (χ3v) is 3.24. The predicted octanol–water partition coefficient (Wildman–Crippen LogP) is 3.31. The van der Waals surface area contributed by atoms with Crippen molar-refractivity contribution >= 4 is 39.7 Å². The van der Waals surface area contributed by atoms with E-state index in [2.05, 4.69) is 0 Å². The summed E-state index contributed by atoms with van der Waals surface area (Å²) in [6.07, 6.45) is 0.787. The lowest BCUT2D eigenvalue weighted by molar-refractivity contribution is 0.0713. The minimum absolute atomic E-state index is 0.602. The van der Waals surface area contributed by atoms with Gasteiger partial charge < -0.3 is 9.47 Å². The molecule has 0 aromatic heterocycles. The van der Waals surface area contributed by atoms with Gasteiger partial charge >= 0.3 is 0 Å². The van der Waals surface area contributed by atoms with Crippen LogP contribution in [0.4, 0.5) is 0 Å². The first-order valence-electron chi connectivity index (χ1n) is 3.53. The molecule has 0 bridgehead atoms. The van der Waals surface area contributed by atoms with Crippen LogP contribution in [0.2, 0.25) is 0 Å². The number of methoxy groups -OCH3 is 1. The Labute approximate surface area is 88.3 Å². The van der Waals surface area contributed by atoms with Crippen LogP contribution in [-0.2, 0) is 9.47 Å². The average molecular weight is 256 g/mol. The van der Waals surface area contributed by atoms with E-state index in [4.69, 9.17) is 41.5 Å². The van der Waals surface area contributed by atoms with Gasteiger partial charge in [-0.3, -0.25) is 0 Å². The molecule has 0 saturated carbocycles. The fourth-order valence-electron chi connectivity index (χ4n) is 0.569. The molecule has 0 fully saturated rings. The van der Waals surface area contributed by atoms with E-state index in [1.165, 1.54) is 0 Å². The summed E-state index contributed by atoms with van der Waals surface area (Å²) in [6.45, 7) is 1.84. The number of halogens is 3. The van der Waals surface area contributed by atoms with Gasteiger partial charge in [-0.1, -0.05) is 0 Å². The zero-order valence-corrected chi connectivity index (χ0v) is 9.98. The third kappa shape index (κ3) is 11.1. The molecule has 2 nitrogen and oxygen atoms in total. The van der Waals surface area contributed by atoms with Gasteiger partial charge in [0.25, 0.3) is 0 Å². The molecular weight excluding hydrogens is 242 g/mol. The van der Waals surface area contributed by atoms with Crippen molar-refractivity contribution in [2.75, 3.05) is 32.7 Å². The molecular formula is C6H13Cl3O2S. The monoisotopic (exact) mass is 254 g/mol. The van der Waals surface area contributed by atoms with Crippen LogP contribution in [0.25, 0.3) is 0 Å². The highest BCUT2D eigenvalue weighted by atomic mass is 36.2. The molecule has 0 atom stereocenters. The zero-order valence-electron chi connectivity index (χ0n) is 6.89. The fraction of sp³-hybridized carbons (Fsp3) is 1.00. The molecule has 0 amide bonds. The van der Waals surface area contributed by atoms with E-state index in [-0.39, 0.29) is 0 Å². The summed E-state index contributed by atoms with van der Waals surface area (Å²) in [6, 6.07) is 0. The zero-order chi connectivity index (χ0) is 9.45. The van der Waals surface area contributed by atoms with Crippen molar-refractivity contribution in [3.8, 4) is 0 Å². The first kappa shape index (κ1) is 13.1. The maximum Gasteiger partial charge on any atom is 0.0700 e. The van der Waals surface area contributed by atoms with E-state index < -0.39 is 7.67 Å². The SMILES string of the molecule is COCCOCCCS(Cl)(Cl)Cl. The summed E-state index contributed by atoms with van der Waals surface area (Å²) >= 11 is 0. The van der Waals surface area contributed by atoms with Gasteiger partial charge in [-0.15, -0.1) is 0 Å². The van der Waals surface area contributed by atoms with E-state index in [0.29, 0.717) is 25.6 Å². The lowest BCUT2D eigenvalue weighted by Gasteiger charge is -2.14. The molecule has 0 aliphatic heterocycles. The van der Waals surface area contributed by atoms with Crippen molar-refractivity contribution in [2.45, 2.75) is 6.42 Å². The van der Waals surface area contributed by atoms with Gasteiger partial charge in [0, 0.05) is 19.5 Å². The predicted molar refractivity (Wildman–Crippen MR) is 57.3 cm³/mol. The lowest BCUT2D eigenvalue weighted by atomic mass is 10.5. The maximum absolute atomic E-state index is 5.61. The fourth-order valence-corrected chi connectivity index (χ4v) is 2.00. The van der Waals surface area contributed by atoms with Gasteiger partial charge in [-0.25, -0.2) is 0 Å². The second-order valence-corrected chi connectivity index (χ2v) is 9.74. The number of rotatable bonds is 7. The first-order chi connectivity index (χ1) is 5.56. The van der Waals surface area contributed by atoms with Crippen LogP contribution < -0.4 is 0 Å². The Morgan fingerprint density at radius 3 is 2.25 bits per heavy atom. The quantitative estimate of drug-likeness (QED) is 0.650. The van der Waals surface area contributed by atoms with Crippen molar-refractivity contribution in [3.05, 3.63) is 0 Å². The Hall–Kier alpha value is 1.14. The van der Waals surface area contributed by atoms with Crippen LogP contribution in [-0.4, -0.2) is 32.7 Å². The Bertz CT molecular complexity index is 107. The Morgan fingerprint density at radius 2 is 1.75 bits per heavy atom. The van der Waals surface area contributed by atoms with Crippen LogP contribution in [0, 0.1) is 0 Å². The summed E-state index contributed by atoms with van der Waals surface area (Å²) in [5.74, 6) is 0.602. The summed E-state index contributed by atoms with van der Waals surface area (Å²) in [5.41, 5.74) is 0. The molecule has 76 valence electrons. The number of hydrogen-bond acceptors (Lipinski definition) is 2. The van der Waals surface area contributed by atoms with Gasteiger partial charge in [0.05, 0.1) is 13.2 Å². The van der Waals surface area contributed by atoms with Crippen LogP contribution in [0.5, 0.6) is 0 Å². The Morgan fingerprint density at radius 1 is 1.08 bits per heavy atom. The second-order valence-electron chi connectivity index (χ2n) is 2.17. The molecule has 0 unspecified atom stereocenters. The van der Waals surface area contributed by atoms with E-state index in [1.807, 2.05) is 0 Å².